The summed E-state index contributed by atoms with van der Waals surface area (Å²) >= 11 is 0. The number of nitrogens with one attached hydrogen (secondary N) is 2. The lowest BCUT2D eigenvalue weighted by molar-refractivity contribution is -0.122. The number of hydrogen-bond donors (Lipinski definition) is 2. The van der Waals surface area contributed by atoms with Gasteiger partial charge in [-0.1, -0.05) is 6.08 Å². The molecule has 2 amide bonds. The van der Waals surface area contributed by atoms with Gasteiger partial charge in [-0.05, 0) is 33.4 Å². The highest BCUT2D eigenvalue weighted by molar-refractivity contribution is 5.95. The normalized spacial score (nSPS) is 19.5. The summed E-state index contributed by atoms with van der Waals surface area (Å²) in [5.41, 5.74) is -0.592. The van der Waals surface area contributed by atoms with Crippen molar-refractivity contribution in [3.05, 3.63) is 12.3 Å². The minimum Gasteiger partial charge on any atom is -0.444 e. The first-order chi connectivity index (χ1) is 6.88. The zero-order valence-electron chi connectivity index (χ0n) is 9.16. The smallest absolute Gasteiger partial charge is 0.414 e. The number of hydrogen-bond acceptors (Lipinski definition) is 4. The molecule has 5 nitrogen and oxygen atoms in total. The zero-order chi connectivity index (χ0) is 11.5. The van der Waals surface area contributed by atoms with Crippen molar-refractivity contribution < 1.29 is 14.3 Å². The molecule has 1 heterocycles. The Balaban J connectivity index is 2.35. The van der Waals surface area contributed by atoms with E-state index >= 15 is 0 Å². The van der Waals surface area contributed by atoms with Crippen molar-refractivity contribution in [2.24, 2.45) is 0 Å². The third-order valence-corrected chi connectivity index (χ3v) is 1.73. The van der Waals surface area contributed by atoms with E-state index in [1.165, 1.54) is 0 Å². The first-order valence-electron chi connectivity index (χ1n) is 4.83. The number of ether oxygens (including phenoxy) is 1. The fourth-order valence-corrected chi connectivity index (χ4v) is 1.13. The van der Waals surface area contributed by atoms with Crippen molar-refractivity contribution in [1.29, 1.82) is 0 Å². The Kier molecular flexibility index (Phi) is 3.34. The number of carbonyl (C=O) groups is 2. The van der Waals surface area contributed by atoms with Crippen molar-refractivity contribution in [2.75, 3.05) is 0 Å². The molecule has 1 unspecified atom stereocenters. The molecule has 2 N–H and O–H groups in total. The van der Waals surface area contributed by atoms with Gasteiger partial charge >= 0.3 is 6.09 Å². The molecule has 0 saturated heterocycles. The maximum absolute atomic E-state index is 11.4. The summed E-state index contributed by atoms with van der Waals surface area (Å²) in [5, 5.41) is 5.00. The molecule has 1 aliphatic rings. The summed E-state index contributed by atoms with van der Waals surface area (Å²) in [5.74, 6) is -0.366. The van der Waals surface area contributed by atoms with Gasteiger partial charge in [-0.3, -0.25) is 10.1 Å². The molecule has 1 rings (SSSR count). The number of amides is 2. The van der Waals surface area contributed by atoms with Crippen molar-refractivity contribution >= 4 is 12.0 Å². The zero-order valence-corrected chi connectivity index (χ0v) is 9.16. The van der Waals surface area contributed by atoms with Gasteiger partial charge in [0.1, 0.15) is 11.6 Å². The Morgan fingerprint density at radius 1 is 1.47 bits per heavy atom. The second-order valence-electron chi connectivity index (χ2n) is 4.35. The second-order valence-corrected chi connectivity index (χ2v) is 4.35. The molecule has 0 spiro atoms. The van der Waals surface area contributed by atoms with Crippen LogP contribution in [-0.2, 0) is 9.53 Å². The summed E-state index contributed by atoms with van der Waals surface area (Å²) in [4.78, 5) is 22.7. The summed E-state index contributed by atoms with van der Waals surface area (Å²) in [6.07, 6.45) is 3.41. The van der Waals surface area contributed by atoms with E-state index in [0.29, 0.717) is 6.42 Å². The lowest BCUT2D eigenvalue weighted by Gasteiger charge is -2.20. The molecule has 0 aromatic rings. The van der Waals surface area contributed by atoms with Crippen LogP contribution in [0.4, 0.5) is 4.79 Å². The van der Waals surface area contributed by atoms with Gasteiger partial charge in [0, 0.05) is 0 Å². The van der Waals surface area contributed by atoms with Crippen LogP contribution in [0.5, 0.6) is 0 Å². The first kappa shape index (κ1) is 11.6. The van der Waals surface area contributed by atoms with Gasteiger partial charge in [-0.15, -0.1) is 0 Å². The minimum atomic E-state index is -0.707. The number of carbonyl (C=O) groups excluding carboxylic acids is 2. The predicted octanol–water partition coefficient (Wildman–Crippen LogP) is 0.913. The predicted molar refractivity (Wildman–Crippen MR) is 55.1 cm³/mol. The maximum atomic E-state index is 11.4. The lowest BCUT2D eigenvalue weighted by atomic mass is 10.2. The average molecular weight is 212 g/mol. The number of imide groups is 1. The number of alkyl carbamates (subject to hydrolysis) is 1. The summed E-state index contributed by atoms with van der Waals surface area (Å²) in [7, 11) is 0. The molecular weight excluding hydrogens is 196 g/mol. The highest BCUT2D eigenvalue weighted by atomic mass is 16.6. The molecule has 15 heavy (non-hydrogen) atoms. The van der Waals surface area contributed by atoms with E-state index in [-0.39, 0.29) is 11.9 Å². The molecule has 0 aliphatic carbocycles. The van der Waals surface area contributed by atoms with Gasteiger partial charge in [-0.2, -0.15) is 0 Å². The summed E-state index contributed by atoms with van der Waals surface area (Å²) < 4.78 is 4.95. The van der Waals surface area contributed by atoms with Crippen LogP contribution in [0.2, 0.25) is 0 Å². The van der Waals surface area contributed by atoms with Crippen LogP contribution < -0.4 is 10.6 Å². The van der Waals surface area contributed by atoms with Gasteiger partial charge in [0.25, 0.3) is 5.91 Å². The Morgan fingerprint density at radius 3 is 2.60 bits per heavy atom. The van der Waals surface area contributed by atoms with Gasteiger partial charge in [0.05, 0.1) is 0 Å². The molecule has 0 fully saturated rings. The van der Waals surface area contributed by atoms with Gasteiger partial charge in [0.2, 0.25) is 0 Å². The highest BCUT2D eigenvalue weighted by Crippen LogP contribution is 2.07. The van der Waals surface area contributed by atoms with Crippen molar-refractivity contribution in [2.45, 2.75) is 38.8 Å². The molecule has 0 aromatic heterocycles. The Bertz CT molecular complexity index is 284. The van der Waals surface area contributed by atoms with E-state index in [1.54, 1.807) is 27.0 Å². The van der Waals surface area contributed by atoms with Crippen molar-refractivity contribution in [1.82, 2.24) is 10.6 Å². The molecular formula is C10H16N2O3. The Labute approximate surface area is 88.9 Å². The van der Waals surface area contributed by atoms with E-state index in [9.17, 15) is 9.59 Å². The summed E-state index contributed by atoms with van der Waals surface area (Å²) in [6.45, 7) is 5.23. The van der Waals surface area contributed by atoms with Crippen LogP contribution in [0, 0.1) is 0 Å². The molecule has 1 atom stereocenters. The molecule has 0 aromatic carbocycles. The number of rotatable bonds is 1. The molecule has 1 aliphatic heterocycles. The third-order valence-electron chi connectivity index (χ3n) is 1.73. The molecule has 0 radical (unpaired) electrons. The molecule has 84 valence electrons. The van der Waals surface area contributed by atoms with Gasteiger partial charge < -0.3 is 10.1 Å². The fraction of sp³-hybridized carbons (Fsp3) is 0.600. The van der Waals surface area contributed by atoms with E-state index in [2.05, 4.69) is 10.6 Å². The van der Waals surface area contributed by atoms with Gasteiger partial charge in [0.15, 0.2) is 0 Å². The van der Waals surface area contributed by atoms with Crippen molar-refractivity contribution in [3.8, 4) is 0 Å². The fourth-order valence-electron chi connectivity index (χ4n) is 1.13. The lowest BCUT2D eigenvalue weighted by Crippen LogP contribution is -2.44. The quantitative estimate of drug-likeness (QED) is 0.678. The highest BCUT2D eigenvalue weighted by Gasteiger charge is 2.23. The topological polar surface area (TPSA) is 67.4 Å². The first-order valence-corrected chi connectivity index (χ1v) is 4.83. The molecule has 5 heteroatoms. The second kappa shape index (κ2) is 4.33. The van der Waals surface area contributed by atoms with Crippen LogP contribution in [0.3, 0.4) is 0 Å². The monoisotopic (exact) mass is 212 g/mol. The van der Waals surface area contributed by atoms with Crippen LogP contribution in [-0.4, -0.2) is 23.6 Å². The van der Waals surface area contributed by atoms with E-state index in [1.807, 2.05) is 6.08 Å². The standard InChI is InChI=1S/C10H16N2O3/c1-10(2,3)15-9(14)12-8(13)7-5-4-6-11-7/h4,6-7,11H,5H2,1-3H3,(H,12,13,14). The maximum Gasteiger partial charge on any atom is 0.414 e. The third kappa shape index (κ3) is 4.01. The van der Waals surface area contributed by atoms with Crippen LogP contribution in [0.1, 0.15) is 27.2 Å². The van der Waals surface area contributed by atoms with E-state index in [4.69, 9.17) is 4.74 Å². The molecule has 0 saturated carbocycles. The Morgan fingerprint density at radius 2 is 2.13 bits per heavy atom. The minimum absolute atomic E-state index is 0.363. The SMILES string of the molecule is CC(C)(C)OC(=O)NC(=O)C1CC=CN1. The molecule has 0 bridgehead atoms. The largest absolute Gasteiger partial charge is 0.444 e. The van der Waals surface area contributed by atoms with E-state index in [0.717, 1.165) is 0 Å². The van der Waals surface area contributed by atoms with Crippen LogP contribution in [0.25, 0.3) is 0 Å². The summed E-state index contributed by atoms with van der Waals surface area (Å²) in [6, 6.07) is -0.363. The van der Waals surface area contributed by atoms with Gasteiger partial charge in [-0.25, -0.2) is 4.79 Å². The average Bonchev–Trinajstić information content (AvgIpc) is 2.50. The van der Waals surface area contributed by atoms with Crippen LogP contribution >= 0.6 is 0 Å². The Hall–Kier alpha value is -1.52. The van der Waals surface area contributed by atoms with Crippen molar-refractivity contribution in [3.63, 3.8) is 0 Å². The van der Waals surface area contributed by atoms with Crippen LogP contribution in [0.15, 0.2) is 12.3 Å². The van der Waals surface area contributed by atoms with E-state index < -0.39 is 11.7 Å².